The van der Waals surface area contributed by atoms with Crippen molar-refractivity contribution in [2.24, 2.45) is 4.99 Å². The number of guanidine groups is 1. The minimum Gasteiger partial charge on any atom is -0.469 e. The van der Waals surface area contributed by atoms with Gasteiger partial charge in [0, 0.05) is 32.5 Å². The van der Waals surface area contributed by atoms with Crippen LogP contribution in [-0.2, 0) is 24.1 Å². The maximum Gasteiger partial charge on any atom is 0.191 e. The lowest BCUT2D eigenvalue weighted by molar-refractivity contribution is 0.207. The molecule has 130 valence electrons. The zero-order chi connectivity index (χ0) is 16.6. The smallest absolute Gasteiger partial charge is 0.191 e. The van der Waals surface area contributed by atoms with Gasteiger partial charge in [0.1, 0.15) is 17.9 Å². The summed E-state index contributed by atoms with van der Waals surface area (Å²) in [4.78, 5) is 8.82. The fourth-order valence-electron chi connectivity index (χ4n) is 2.71. The third-order valence-electron chi connectivity index (χ3n) is 3.96. The van der Waals surface area contributed by atoms with Crippen LogP contribution in [0.25, 0.3) is 0 Å². The monoisotopic (exact) mass is 332 g/mol. The van der Waals surface area contributed by atoms with Gasteiger partial charge in [-0.15, -0.1) is 0 Å². The van der Waals surface area contributed by atoms with Crippen molar-refractivity contribution in [2.75, 3.05) is 26.8 Å². The Morgan fingerprint density at radius 2 is 2.50 bits per heavy atom. The lowest BCUT2D eigenvalue weighted by Gasteiger charge is -2.25. The van der Waals surface area contributed by atoms with Crippen LogP contribution in [0.3, 0.4) is 0 Å². The van der Waals surface area contributed by atoms with E-state index >= 15 is 0 Å². The number of furan rings is 1. The van der Waals surface area contributed by atoms with Crippen LogP contribution in [0.2, 0.25) is 0 Å². The third-order valence-corrected chi connectivity index (χ3v) is 3.96. The average Bonchev–Trinajstić information content (AvgIpc) is 3.25. The van der Waals surface area contributed by atoms with Crippen LogP contribution in [0, 0.1) is 0 Å². The van der Waals surface area contributed by atoms with Crippen molar-refractivity contribution in [3.8, 4) is 0 Å². The van der Waals surface area contributed by atoms with E-state index in [4.69, 9.17) is 9.15 Å². The maximum absolute atomic E-state index is 5.36. The summed E-state index contributed by atoms with van der Waals surface area (Å²) in [6, 6.07) is 4.17. The van der Waals surface area contributed by atoms with Gasteiger partial charge in [0.05, 0.1) is 26.0 Å². The van der Waals surface area contributed by atoms with Crippen molar-refractivity contribution < 1.29 is 9.15 Å². The van der Waals surface area contributed by atoms with E-state index in [1.165, 1.54) is 0 Å². The van der Waals surface area contributed by atoms with Crippen molar-refractivity contribution in [3.63, 3.8) is 0 Å². The van der Waals surface area contributed by atoms with Gasteiger partial charge in [-0.05, 0) is 18.6 Å². The Morgan fingerprint density at radius 1 is 1.54 bits per heavy atom. The molecule has 0 saturated heterocycles. The van der Waals surface area contributed by atoms with Gasteiger partial charge in [0.2, 0.25) is 0 Å². The zero-order valence-electron chi connectivity index (χ0n) is 13.9. The van der Waals surface area contributed by atoms with Gasteiger partial charge >= 0.3 is 0 Å². The molecular formula is C16H24N6O2. The van der Waals surface area contributed by atoms with Gasteiger partial charge in [0.25, 0.3) is 0 Å². The first-order chi connectivity index (χ1) is 11.8. The first-order valence-corrected chi connectivity index (χ1v) is 8.28. The molecule has 24 heavy (non-hydrogen) atoms. The summed E-state index contributed by atoms with van der Waals surface area (Å²) >= 11 is 0. The van der Waals surface area contributed by atoms with Crippen molar-refractivity contribution >= 4 is 5.96 Å². The van der Waals surface area contributed by atoms with Gasteiger partial charge < -0.3 is 19.8 Å². The van der Waals surface area contributed by atoms with Crippen LogP contribution in [0.1, 0.15) is 18.0 Å². The molecule has 8 nitrogen and oxygen atoms in total. The van der Waals surface area contributed by atoms with Crippen molar-refractivity contribution in [1.29, 1.82) is 0 Å². The lowest BCUT2D eigenvalue weighted by atomic mass is 10.1. The Labute approximate surface area is 141 Å². The molecule has 1 atom stereocenters. The fourth-order valence-corrected chi connectivity index (χ4v) is 2.71. The molecule has 0 fully saturated rings. The highest BCUT2D eigenvalue weighted by molar-refractivity contribution is 5.80. The average molecular weight is 332 g/mol. The number of aryl methyl sites for hydroxylation is 1. The SMILES string of the molecule is COCCN=C(NCCc1ccco1)NC1CCc2ncnn2C1. The summed E-state index contributed by atoms with van der Waals surface area (Å²) in [6.45, 7) is 2.78. The molecular weight excluding hydrogens is 308 g/mol. The number of aromatic nitrogens is 3. The molecule has 1 unspecified atom stereocenters. The molecule has 1 aliphatic rings. The first-order valence-electron chi connectivity index (χ1n) is 8.28. The number of fused-ring (bicyclic) bond motifs is 1. The zero-order valence-corrected chi connectivity index (χ0v) is 13.9. The van der Waals surface area contributed by atoms with E-state index in [-0.39, 0.29) is 6.04 Å². The van der Waals surface area contributed by atoms with Crippen LogP contribution >= 0.6 is 0 Å². The van der Waals surface area contributed by atoms with Crippen LogP contribution in [0.4, 0.5) is 0 Å². The number of hydrogen-bond donors (Lipinski definition) is 2. The maximum atomic E-state index is 5.36. The standard InChI is InChI=1S/C16H24N6O2/c1-23-10-8-18-16(17-7-6-14-3-2-9-24-14)21-13-4-5-15-19-12-20-22(15)11-13/h2-3,9,12-13H,4-8,10-11H2,1H3,(H2,17,18,21). The number of nitrogens with zero attached hydrogens (tertiary/aromatic N) is 4. The summed E-state index contributed by atoms with van der Waals surface area (Å²) in [5.41, 5.74) is 0. The normalized spacial score (nSPS) is 17.5. The molecule has 2 N–H and O–H groups in total. The molecule has 8 heteroatoms. The molecule has 0 bridgehead atoms. The van der Waals surface area contributed by atoms with E-state index in [0.717, 1.165) is 49.9 Å². The number of hydrogen-bond acceptors (Lipinski definition) is 5. The van der Waals surface area contributed by atoms with Gasteiger partial charge in [0.15, 0.2) is 5.96 Å². The van der Waals surface area contributed by atoms with Crippen LogP contribution in [-0.4, -0.2) is 53.6 Å². The first kappa shape index (κ1) is 16.5. The van der Waals surface area contributed by atoms with E-state index in [1.54, 1.807) is 19.7 Å². The largest absolute Gasteiger partial charge is 0.469 e. The van der Waals surface area contributed by atoms with E-state index in [1.807, 2.05) is 16.8 Å². The molecule has 2 aromatic rings. The van der Waals surface area contributed by atoms with Crippen LogP contribution < -0.4 is 10.6 Å². The summed E-state index contributed by atoms with van der Waals surface area (Å²) in [5.74, 6) is 2.81. The predicted octanol–water partition coefficient (Wildman–Crippen LogP) is 0.610. The Kier molecular flexibility index (Phi) is 5.84. The van der Waals surface area contributed by atoms with E-state index < -0.39 is 0 Å². The Morgan fingerprint density at radius 3 is 3.33 bits per heavy atom. The number of aliphatic imine (C=N–C) groups is 1. The van der Waals surface area contributed by atoms with Gasteiger partial charge in [-0.1, -0.05) is 0 Å². The highest BCUT2D eigenvalue weighted by atomic mass is 16.5. The van der Waals surface area contributed by atoms with Crippen molar-refractivity contribution in [1.82, 2.24) is 25.4 Å². The summed E-state index contributed by atoms with van der Waals surface area (Å²) < 4.78 is 12.4. The lowest BCUT2D eigenvalue weighted by Crippen LogP contribution is -2.47. The second kappa shape index (κ2) is 8.49. The number of nitrogens with one attached hydrogen (secondary N) is 2. The minimum atomic E-state index is 0.289. The molecule has 0 spiro atoms. The molecule has 3 heterocycles. The Bertz CT molecular complexity index is 637. The summed E-state index contributed by atoms with van der Waals surface area (Å²) in [5, 5.41) is 11.1. The van der Waals surface area contributed by atoms with E-state index in [0.29, 0.717) is 13.2 Å². The van der Waals surface area contributed by atoms with Gasteiger partial charge in [-0.25, -0.2) is 9.67 Å². The van der Waals surface area contributed by atoms with Crippen molar-refractivity contribution in [3.05, 3.63) is 36.3 Å². The fraction of sp³-hybridized carbons (Fsp3) is 0.562. The second-order valence-corrected chi connectivity index (χ2v) is 5.72. The number of methoxy groups -OCH3 is 1. The quantitative estimate of drug-likeness (QED) is 0.439. The second-order valence-electron chi connectivity index (χ2n) is 5.72. The van der Waals surface area contributed by atoms with E-state index in [9.17, 15) is 0 Å². The summed E-state index contributed by atoms with van der Waals surface area (Å²) in [6.07, 6.45) is 6.07. The summed E-state index contributed by atoms with van der Waals surface area (Å²) in [7, 11) is 1.68. The Hall–Kier alpha value is -2.35. The molecule has 0 aromatic carbocycles. The molecule has 1 aliphatic heterocycles. The molecule has 0 amide bonds. The minimum absolute atomic E-state index is 0.289. The van der Waals surface area contributed by atoms with Gasteiger partial charge in [-0.3, -0.25) is 4.99 Å². The molecule has 2 aromatic heterocycles. The molecule has 0 aliphatic carbocycles. The van der Waals surface area contributed by atoms with E-state index in [2.05, 4.69) is 25.7 Å². The highest BCUT2D eigenvalue weighted by Crippen LogP contribution is 2.11. The Balaban J connectivity index is 1.52. The third kappa shape index (κ3) is 4.58. The number of rotatable bonds is 7. The highest BCUT2D eigenvalue weighted by Gasteiger charge is 2.20. The molecule has 0 saturated carbocycles. The van der Waals surface area contributed by atoms with Crippen LogP contribution in [0.15, 0.2) is 34.1 Å². The topological polar surface area (TPSA) is 89.5 Å². The molecule has 3 rings (SSSR count). The number of ether oxygens (including phenoxy) is 1. The van der Waals surface area contributed by atoms with Crippen molar-refractivity contribution in [2.45, 2.75) is 31.8 Å². The predicted molar refractivity (Wildman–Crippen MR) is 89.9 cm³/mol. The van der Waals surface area contributed by atoms with Gasteiger partial charge in [-0.2, -0.15) is 5.10 Å². The van der Waals surface area contributed by atoms with Crippen LogP contribution in [0.5, 0.6) is 0 Å². The molecule has 0 radical (unpaired) electrons.